The molecule has 2 aliphatic rings. The van der Waals surface area contributed by atoms with Gasteiger partial charge in [-0.3, -0.25) is 29.8 Å². The van der Waals surface area contributed by atoms with Gasteiger partial charge in [0, 0.05) is 32.7 Å². The number of aliphatic hydroxyl groups is 1. The highest BCUT2D eigenvalue weighted by Gasteiger charge is 2.57. The highest BCUT2D eigenvalue weighted by Crippen LogP contribution is 2.53. The minimum Gasteiger partial charge on any atom is -0.365 e. The van der Waals surface area contributed by atoms with Crippen molar-refractivity contribution in [3.8, 4) is 0 Å². The second-order valence-corrected chi connectivity index (χ2v) is 18.5. The monoisotopic (exact) mass is 698 g/mol. The van der Waals surface area contributed by atoms with E-state index < -0.39 is 69.0 Å². The molecule has 2 rings (SSSR count). The fraction of sp³-hybridized carbons (Fsp3) is 0.824. The Morgan fingerprint density at radius 3 is 2.19 bits per heavy atom. The number of likely N-dealkylation sites (tertiary alicyclic amines) is 1. The summed E-state index contributed by atoms with van der Waals surface area (Å²) in [7, 11) is -2.01. The molecule has 276 valence electrons. The van der Waals surface area contributed by atoms with Crippen LogP contribution in [0.1, 0.15) is 88.0 Å². The lowest BCUT2D eigenvalue weighted by atomic mass is 9.79. The van der Waals surface area contributed by atoms with Crippen LogP contribution < -0.4 is 21.3 Å². The van der Waals surface area contributed by atoms with Gasteiger partial charge in [0.2, 0.25) is 27.6 Å². The molecule has 0 radical (unpaired) electrons. The summed E-state index contributed by atoms with van der Waals surface area (Å²) in [6.07, 6.45) is 3.62. The van der Waals surface area contributed by atoms with Gasteiger partial charge < -0.3 is 20.6 Å². The molecule has 0 aromatic rings. The minimum atomic E-state index is -3.48. The minimum absolute atomic E-state index is 0.0360. The molecule has 7 atom stereocenters. The molecule has 1 heterocycles. The van der Waals surface area contributed by atoms with Gasteiger partial charge in [0.1, 0.15) is 6.04 Å². The van der Waals surface area contributed by atoms with Gasteiger partial charge in [-0.15, -0.1) is 6.58 Å². The predicted molar refractivity (Wildman–Crippen MR) is 187 cm³/mol. The van der Waals surface area contributed by atoms with Crippen LogP contribution in [0.25, 0.3) is 0 Å². The van der Waals surface area contributed by atoms with Crippen molar-refractivity contribution in [2.45, 2.75) is 119 Å². The summed E-state index contributed by atoms with van der Waals surface area (Å²) in [5, 5.41) is 22.7. The van der Waals surface area contributed by atoms with Crippen molar-refractivity contribution in [2.75, 3.05) is 32.9 Å². The summed E-state index contributed by atoms with van der Waals surface area (Å²) >= 11 is 0. The molecule has 1 aliphatic carbocycles. The first-order chi connectivity index (χ1) is 21.9. The maximum atomic E-state index is 14.6. The lowest BCUT2D eigenvalue weighted by Gasteiger charge is -2.40. The van der Waals surface area contributed by atoms with Crippen molar-refractivity contribution in [3.05, 3.63) is 12.7 Å². The van der Waals surface area contributed by atoms with E-state index in [4.69, 9.17) is 0 Å². The third kappa shape index (κ3) is 10.6. The molecule has 0 bridgehead atoms. The Labute approximate surface area is 288 Å². The fourth-order valence-electron chi connectivity index (χ4n) is 6.83. The summed E-state index contributed by atoms with van der Waals surface area (Å²) in [5.41, 5.74) is -1.30. The molecule has 3 amide bonds. The molecule has 5 N–H and O–H groups in total. The zero-order valence-electron chi connectivity index (χ0n) is 31.0. The van der Waals surface area contributed by atoms with Crippen molar-refractivity contribution < 1.29 is 32.7 Å². The van der Waals surface area contributed by atoms with E-state index in [-0.39, 0.29) is 42.7 Å². The molecule has 0 aromatic heterocycles. The Balaban J connectivity index is 2.41. The molecule has 0 aromatic carbocycles. The van der Waals surface area contributed by atoms with E-state index in [1.807, 2.05) is 48.5 Å². The predicted octanol–water partition coefficient (Wildman–Crippen LogP) is 1.58. The summed E-state index contributed by atoms with van der Waals surface area (Å²) in [6.45, 7) is 21.6. The van der Waals surface area contributed by atoms with Gasteiger partial charge in [-0.25, -0.2) is 12.7 Å². The Kier molecular flexibility index (Phi) is 14.0. The molecule has 14 heteroatoms. The van der Waals surface area contributed by atoms with Crippen LogP contribution in [-0.4, -0.2) is 110 Å². The molecule has 13 nitrogen and oxygen atoms in total. The van der Waals surface area contributed by atoms with Gasteiger partial charge in [-0.1, -0.05) is 74.8 Å². The van der Waals surface area contributed by atoms with Gasteiger partial charge in [0.05, 0.1) is 18.3 Å². The molecule has 2 unspecified atom stereocenters. The first-order valence-corrected chi connectivity index (χ1v) is 18.9. The van der Waals surface area contributed by atoms with Crippen LogP contribution in [-0.2, 0) is 29.2 Å². The van der Waals surface area contributed by atoms with E-state index in [0.717, 1.165) is 19.1 Å². The number of carbonyl (C=O) groups is 4. The van der Waals surface area contributed by atoms with E-state index in [0.29, 0.717) is 13.0 Å². The van der Waals surface area contributed by atoms with Crippen LogP contribution in [0, 0.1) is 28.1 Å². The van der Waals surface area contributed by atoms with Crippen molar-refractivity contribution in [1.82, 2.24) is 30.5 Å². The molecule has 1 aliphatic heterocycles. The van der Waals surface area contributed by atoms with Crippen LogP contribution in [0.15, 0.2) is 12.7 Å². The van der Waals surface area contributed by atoms with Crippen molar-refractivity contribution in [1.29, 1.82) is 0 Å². The number of nitrogens with zero attached hydrogens (tertiary/aromatic N) is 2. The zero-order valence-corrected chi connectivity index (χ0v) is 31.8. The molecular weight excluding hydrogens is 636 g/mol. The normalized spacial score (nSPS) is 23.6. The Morgan fingerprint density at radius 2 is 1.69 bits per heavy atom. The van der Waals surface area contributed by atoms with Crippen LogP contribution in [0.3, 0.4) is 0 Å². The second kappa shape index (κ2) is 16.1. The highest BCUT2D eigenvalue weighted by molar-refractivity contribution is 7.88. The number of Topliss-reactive ketones (excluding diaryl/α,β-unsaturated/α-hetero) is 1. The molecule has 0 spiro atoms. The number of likely N-dealkylation sites (N-methyl/N-ethyl adjacent to an activating group) is 1. The molecule has 2 fully saturated rings. The maximum absolute atomic E-state index is 14.6. The molecule has 48 heavy (non-hydrogen) atoms. The van der Waals surface area contributed by atoms with Crippen LogP contribution in [0.2, 0.25) is 0 Å². The number of amides is 3. The topological polar surface area (TPSA) is 177 Å². The average molecular weight is 699 g/mol. The lowest BCUT2D eigenvalue weighted by molar-refractivity contribution is -0.145. The van der Waals surface area contributed by atoms with E-state index in [2.05, 4.69) is 41.7 Å². The van der Waals surface area contributed by atoms with Gasteiger partial charge in [0.15, 0.2) is 6.35 Å². The van der Waals surface area contributed by atoms with E-state index in [1.54, 1.807) is 4.90 Å². The first-order valence-electron chi connectivity index (χ1n) is 17.0. The molecular formula is C34H62N6O7S. The van der Waals surface area contributed by atoms with Crippen LogP contribution >= 0.6 is 0 Å². The third-order valence-electron chi connectivity index (χ3n) is 10.0. The lowest BCUT2D eigenvalue weighted by Crippen LogP contribution is -2.64. The van der Waals surface area contributed by atoms with Gasteiger partial charge >= 0.3 is 0 Å². The van der Waals surface area contributed by atoms with Crippen molar-refractivity contribution >= 4 is 33.5 Å². The van der Waals surface area contributed by atoms with Crippen molar-refractivity contribution in [2.24, 2.45) is 28.1 Å². The number of carbonyl (C=O) groups excluding carboxylic acids is 4. The standard InChI is InChI=1S/C34H62N6O7S/c1-13-15-23(26(41)29(43)35-18-14-2)36-28(42)25-21-16-17-34(9,10)22(21)19-40(25)30(44)27(33(6,7)8)38-31(45)37-24(32(3,4)5)20-39(11)48(12,46)47/h14,21-25,27,31,37-38,45H,2,13,15-20H2,1,3-12H3,(H,35,43)(H,36,42)/t21-,22-,23?,24+,25-,27+,31?/m0/s1. The van der Waals surface area contributed by atoms with E-state index in [9.17, 15) is 32.7 Å². The summed E-state index contributed by atoms with van der Waals surface area (Å²) < 4.78 is 25.5. The number of rotatable bonds is 16. The van der Waals surface area contributed by atoms with Gasteiger partial charge in [-0.05, 0) is 47.3 Å². The fourth-order valence-corrected chi connectivity index (χ4v) is 7.25. The van der Waals surface area contributed by atoms with E-state index >= 15 is 0 Å². The maximum Gasteiger partial charge on any atom is 0.289 e. The number of nitrogens with one attached hydrogen (secondary N) is 4. The van der Waals surface area contributed by atoms with Gasteiger partial charge in [-0.2, -0.15) is 0 Å². The number of ketones is 1. The Hall–Kier alpha value is -2.39. The number of hydrogen-bond donors (Lipinski definition) is 5. The average Bonchev–Trinajstić information content (AvgIpc) is 3.48. The smallest absolute Gasteiger partial charge is 0.289 e. The summed E-state index contributed by atoms with van der Waals surface area (Å²) in [6, 6.07) is -3.34. The van der Waals surface area contributed by atoms with Crippen molar-refractivity contribution in [3.63, 3.8) is 0 Å². The Morgan fingerprint density at radius 1 is 1.08 bits per heavy atom. The first kappa shape index (κ1) is 41.8. The summed E-state index contributed by atoms with van der Waals surface area (Å²) in [4.78, 5) is 55.9. The zero-order chi connectivity index (χ0) is 37.0. The SMILES string of the molecule is C=CCNC(=O)C(=O)C(CCC)NC(=O)[C@@H]1[C@H]2CCC(C)(C)[C@H]2CN1C(=O)[C@@H](NC(O)N[C@H](CN(C)S(C)(=O)=O)C(C)(C)C)C(C)(C)C. The Bertz CT molecular complexity index is 1290. The molecule has 1 saturated heterocycles. The molecule has 1 saturated carbocycles. The highest BCUT2D eigenvalue weighted by atomic mass is 32.2. The quantitative estimate of drug-likeness (QED) is 0.0910. The van der Waals surface area contributed by atoms with Crippen LogP contribution in [0.4, 0.5) is 0 Å². The number of hydrogen-bond acceptors (Lipinski definition) is 9. The number of fused-ring (bicyclic) bond motifs is 1. The van der Waals surface area contributed by atoms with Gasteiger partial charge in [0.25, 0.3) is 5.91 Å². The van der Waals surface area contributed by atoms with E-state index in [1.165, 1.54) is 17.4 Å². The third-order valence-corrected chi connectivity index (χ3v) is 11.3. The second-order valence-electron chi connectivity index (χ2n) is 16.4. The van der Waals surface area contributed by atoms with Crippen LogP contribution in [0.5, 0.6) is 0 Å². The summed E-state index contributed by atoms with van der Waals surface area (Å²) in [5.74, 6) is -2.49. The number of sulfonamides is 1. The number of aliphatic hydroxyl groups excluding tert-OH is 1. The largest absolute Gasteiger partial charge is 0.365 e.